The topological polar surface area (TPSA) is 27.7 Å². The molecule has 0 atom stereocenters. The van der Waals surface area contributed by atoms with E-state index in [2.05, 4.69) is 0 Å². The molecule has 3 nitrogen and oxygen atoms in total. The maximum atomic E-state index is 5.01. The van der Waals surface area contributed by atoms with Crippen LogP contribution in [0.25, 0.3) is 0 Å². The van der Waals surface area contributed by atoms with Gasteiger partial charge in [-0.15, -0.1) is 0 Å². The lowest BCUT2D eigenvalue weighted by atomic mass is 10.6. The van der Waals surface area contributed by atoms with E-state index in [1.807, 2.05) is 6.26 Å². The van der Waals surface area contributed by atoms with Gasteiger partial charge in [0.2, 0.25) is 0 Å². The number of methoxy groups -OCH3 is 3. The molecule has 0 rings (SSSR count). The molecular weight excluding hydrogens is 152 g/mol. The molecule has 0 aromatic carbocycles. The summed E-state index contributed by atoms with van der Waals surface area (Å²) in [4.78, 5) is 0. The third kappa shape index (κ3) is 2.46. The van der Waals surface area contributed by atoms with Gasteiger partial charge in [0.15, 0.2) is 0 Å². The van der Waals surface area contributed by atoms with Crippen molar-refractivity contribution in [2.24, 2.45) is 0 Å². The minimum Gasteiger partial charge on any atom is -0.330 e. The van der Waals surface area contributed by atoms with E-state index < -0.39 is 5.97 Å². The van der Waals surface area contributed by atoms with Crippen molar-refractivity contribution < 1.29 is 14.2 Å². The Morgan fingerprint density at radius 1 is 1.10 bits per heavy atom. The molecule has 0 unspecified atom stereocenters. The molecule has 0 heterocycles. The molecule has 0 saturated heterocycles. The van der Waals surface area contributed by atoms with Crippen LogP contribution in [0.4, 0.5) is 0 Å². The summed E-state index contributed by atoms with van der Waals surface area (Å²) in [6.45, 7) is 0. The van der Waals surface area contributed by atoms with Gasteiger partial charge in [0.1, 0.15) is 0 Å². The Kier molecular flexibility index (Phi) is 5.07. The number of thioether (sulfide) groups is 1. The van der Waals surface area contributed by atoms with Gasteiger partial charge in [0, 0.05) is 21.3 Å². The summed E-state index contributed by atoms with van der Waals surface area (Å²) >= 11 is 1.61. The molecule has 0 saturated carbocycles. The largest absolute Gasteiger partial charge is 0.330 e. The second-order valence-electron chi connectivity index (χ2n) is 1.73. The van der Waals surface area contributed by atoms with Crippen molar-refractivity contribution in [3.63, 3.8) is 0 Å². The summed E-state index contributed by atoms with van der Waals surface area (Å²) in [6.07, 6.45) is 1.96. The fourth-order valence-corrected chi connectivity index (χ4v) is 1.31. The Morgan fingerprint density at radius 3 is 1.60 bits per heavy atom. The lowest BCUT2D eigenvalue weighted by Crippen LogP contribution is -2.38. The maximum absolute atomic E-state index is 5.01. The average Bonchev–Trinajstić information content (AvgIpc) is 2.01. The van der Waals surface area contributed by atoms with E-state index in [1.54, 1.807) is 33.1 Å². The average molecular weight is 166 g/mol. The molecule has 0 aromatic heterocycles. The molecule has 0 fully saturated rings. The van der Waals surface area contributed by atoms with Gasteiger partial charge in [-0.05, 0) is 6.26 Å². The van der Waals surface area contributed by atoms with Gasteiger partial charge >= 0.3 is 0 Å². The van der Waals surface area contributed by atoms with Crippen LogP contribution in [0.1, 0.15) is 0 Å². The fourth-order valence-electron chi connectivity index (χ4n) is 0.604. The van der Waals surface area contributed by atoms with Crippen molar-refractivity contribution in [1.29, 1.82) is 0 Å². The van der Waals surface area contributed by atoms with Crippen LogP contribution in [0.15, 0.2) is 0 Å². The van der Waals surface area contributed by atoms with Crippen molar-refractivity contribution in [3.05, 3.63) is 0 Å². The van der Waals surface area contributed by atoms with Gasteiger partial charge in [0.25, 0.3) is 5.97 Å². The van der Waals surface area contributed by atoms with Crippen molar-refractivity contribution in [1.82, 2.24) is 0 Å². The van der Waals surface area contributed by atoms with Crippen LogP contribution in [0, 0.1) is 0 Å². The number of hydrogen-bond donors (Lipinski definition) is 0. The fraction of sp³-hybridized carbons (Fsp3) is 1.00. The van der Waals surface area contributed by atoms with Crippen molar-refractivity contribution in [2.75, 3.05) is 33.3 Å². The van der Waals surface area contributed by atoms with Crippen LogP contribution in [0.5, 0.6) is 0 Å². The Hall–Kier alpha value is 0.230. The van der Waals surface area contributed by atoms with Crippen molar-refractivity contribution in [2.45, 2.75) is 5.97 Å². The highest BCUT2D eigenvalue weighted by molar-refractivity contribution is 7.98. The quantitative estimate of drug-likeness (QED) is 0.568. The molecule has 0 amide bonds. The lowest BCUT2D eigenvalue weighted by Gasteiger charge is -2.27. The molecule has 0 aliphatic heterocycles. The molecule has 0 bridgehead atoms. The molecule has 0 aliphatic carbocycles. The van der Waals surface area contributed by atoms with Crippen molar-refractivity contribution >= 4 is 11.8 Å². The van der Waals surface area contributed by atoms with Crippen LogP contribution < -0.4 is 0 Å². The summed E-state index contributed by atoms with van der Waals surface area (Å²) in [5.74, 6) is -0.198. The third-order valence-electron chi connectivity index (χ3n) is 1.25. The Balaban J connectivity index is 3.87. The van der Waals surface area contributed by atoms with E-state index in [1.165, 1.54) is 0 Å². The van der Waals surface area contributed by atoms with Crippen LogP contribution in [0.2, 0.25) is 0 Å². The van der Waals surface area contributed by atoms with E-state index in [0.29, 0.717) is 5.75 Å². The molecule has 0 N–H and O–H groups in total. The van der Waals surface area contributed by atoms with Gasteiger partial charge in [-0.1, -0.05) is 0 Å². The number of rotatable bonds is 5. The molecule has 0 aromatic rings. The Morgan fingerprint density at radius 2 is 1.50 bits per heavy atom. The lowest BCUT2D eigenvalue weighted by molar-refractivity contribution is -0.336. The van der Waals surface area contributed by atoms with E-state index in [9.17, 15) is 0 Å². The van der Waals surface area contributed by atoms with E-state index in [-0.39, 0.29) is 0 Å². The molecule has 0 radical (unpaired) electrons. The normalized spacial score (nSPS) is 12.0. The first-order valence-electron chi connectivity index (χ1n) is 2.89. The van der Waals surface area contributed by atoms with Gasteiger partial charge in [-0.2, -0.15) is 11.8 Å². The van der Waals surface area contributed by atoms with Crippen molar-refractivity contribution in [3.8, 4) is 0 Å². The number of hydrogen-bond acceptors (Lipinski definition) is 4. The zero-order valence-electron chi connectivity index (χ0n) is 6.84. The molecule has 0 aliphatic rings. The molecule has 62 valence electrons. The van der Waals surface area contributed by atoms with Crippen LogP contribution in [-0.4, -0.2) is 39.3 Å². The highest BCUT2D eigenvalue weighted by atomic mass is 32.2. The highest BCUT2D eigenvalue weighted by Crippen LogP contribution is 2.16. The highest BCUT2D eigenvalue weighted by Gasteiger charge is 2.28. The first-order valence-corrected chi connectivity index (χ1v) is 4.28. The van der Waals surface area contributed by atoms with E-state index in [4.69, 9.17) is 14.2 Å². The molecule has 10 heavy (non-hydrogen) atoms. The summed E-state index contributed by atoms with van der Waals surface area (Å²) in [5, 5.41) is 0. The third-order valence-corrected chi connectivity index (χ3v) is 1.90. The minimum absolute atomic E-state index is 0.663. The monoisotopic (exact) mass is 166 g/mol. The second-order valence-corrected chi connectivity index (χ2v) is 2.59. The minimum atomic E-state index is -0.862. The smallest absolute Gasteiger partial charge is 0.291 e. The predicted octanol–water partition coefficient (Wildman–Crippen LogP) is 0.942. The zero-order valence-corrected chi connectivity index (χ0v) is 7.66. The zero-order chi connectivity index (χ0) is 8.04. The number of ether oxygens (including phenoxy) is 3. The summed E-state index contributed by atoms with van der Waals surface area (Å²) in [6, 6.07) is 0. The van der Waals surface area contributed by atoms with Crippen LogP contribution in [-0.2, 0) is 14.2 Å². The molecule has 0 spiro atoms. The van der Waals surface area contributed by atoms with Gasteiger partial charge in [0.05, 0.1) is 5.75 Å². The summed E-state index contributed by atoms with van der Waals surface area (Å²) in [7, 11) is 4.68. The van der Waals surface area contributed by atoms with E-state index in [0.717, 1.165) is 0 Å². The Labute approximate surface area is 66.0 Å². The standard InChI is InChI=1S/C6H14O3S/c1-7-6(8-2,9-3)5-10-4/h5H2,1-4H3. The van der Waals surface area contributed by atoms with Gasteiger partial charge in [-0.25, -0.2) is 0 Å². The maximum Gasteiger partial charge on any atom is 0.291 e. The summed E-state index contributed by atoms with van der Waals surface area (Å²) < 4.78 is 15.0. The first-order chi connectivity index (χ1) is 4.74. The summed E-state index contributed by atoms with van der Waals surface area (Å²) in [5.41, 5.74) is 0. The SMILES string of the molecule is COC(CSC)(OC)OC. The van der Waals surface area contributed by atoms with E-state index >= 15 is 0 Å². The molecule has 4 heteroatoms. The predicted molar refractivity (Wildman–Crippen MR) is 42.1 cm³/mol. The first kappa shape index (κ1) is 10.2. The van der Waals surface area contributed by atoms with Gasteiger partial charge < -0.3 is 14.2 Å². The molecular formula is C6H14O3S. The van der Waals surface area contributed by atoms with Crippen LogP contribution in [0.3, 0.4) is 0 Å². The van der Waals surface area contributed by atoms with Crippen LogP contribution >= 0.6 is 11.8 Å². The second kappa shape index (κ2) is 4.96. The van der Waals surface area contributed by atoms with Gasteiger partial charge in [-0.3, -0.25) is 0 Å². The Bertz CT molecular complexity index is 74.8.